The summed E-state index contributed by atoms with van der Waals surface area (Å²) in [5.41, 5.74) is 1.89. The van der Waals surface area contributed by atoms with E-state index in [2.05, 4.69) is 51.3 Å². The number of benzene rings is 3. The van der Waals surface area contributed by atoms with E-state index in [9.17, 15) is 14.7 Å². The molecule has 17 heteroatoms. The number of nitrogens with one attached hydrogen (secondary N) is 2. The van der Waals surface area contributed by atoms with Crippen molar-refractivity contribution in [2.45, 2.75) is 70.2 Å². The van der Waals surface area contributed by atoms with Crippen molar-refractivity contribution in [1.29, 1.82) is 0 Å². The molecule has 2 aliphatic heterocycles. The summed E-state index contributed by atoms with van der Waals surface area (Å²) in [6.45, 7) is 11.0. The van der Waals surface area contributed by atoms with Crippen molar-refractivity contribution in [3.05, 3.63) is 101 Å². The van der Waals surface area contributed by atoms with Crippen LogP contribution in [0.1, 0.15) is 39.5 Å². The molecule has 7 rings (SSSR count). The first-order chi connectivity index (χ1) is 28.3. The number of nitrogens with zero attached hydrogens (tertiary/aromatic N) is 11. The molecule has 2 aliphatic rings. The Balaban J connectivity index is 0.000000203. The second-order valence-electron chi connectivity index (χ2n) is 14.7. The number of likely N-dealkylation sites (N-methyl/N-ethyl adjacent to an activating group) is 1. The number of aliphatic hydroxyl groups is 1. The number of amides is 1. The number of rotatable bonds is 16. The third kappa shape index (κ3) is 10.1. The Morgan fingerprint density at radius 3 is 1.84 bits per heavy atom. The van der Waals surface area contributed by atoms with E-state index < -0.39 is 5.54 Å². The highest BCUT2D eigenvalue weighted by Crippen LogP contribution is 2.39. The molecule has 4 heterocycles. The number of tetrazole rings is 2. The van der Waals surface area contributed by atoms with Crippen molar-refractivity contribution in [1.82, 2.24) is 55.1 Å². The van der Waals surface area contributed by atoms with Crippen molar-refractivity contribution < 1.29 is 14.6 Å². The van der Waals surface area contributed by atoms with E-state index in [1.165, 1.54) is 9.36 Å². The van der Waals surface area contributed by atoms with Crippen LogP contribution >= 0.6 is 0 Å². The van der Waals surface area contributed by atoms with E-state index in [0.717, 1.165) is 62.6 Å². The summed E-state index contributed by atoms with van der Waals surface area (Å²) >= 11 is 0. The molecule has 2 saturated heterocycles. The van der Waals surface area contributed by atoms with Gasteiger partial charge in [0.1, 0.15) is 12.1 Å². The molecular formula is C41H57N13O4. The quantitative estimate of drug-likeness (QED) is 0.133. The van der Waals surface area contributed by atoms with Crippen molar-refractivity contribution >= 4 is 23.0 Å². The zero-order valence-electron chi connectivity index (χ0n) is 33.9. The fourth-order valence-corrected chi connectivity index (χ4v) is 7.73. The average Bonchev–Trinajstić information content (AvgIpc) is 3.90. The maximum atomic E-state index is 13.4. The van der Waals surface area contributed by atoms with Crippen LogP contribution in [-0.2, 0) is 24.4 Å². The fraction of sp³-hybridized carbons (Fsp3) is 0.488. The molecular weight excluding hydrogens is 739 g/mol. The Labute approximate surface area is 339 Å². The minimum Gasteiger partial charge on any atom is -0.461 e. The Hall–Kier alpha value is -5.65. The minimum atomic E-state index is -0.712. The van der Waals surface area contributed by atoms with Gasteiger partial charge >= 0.3 is 11.7 Å². The van der Waals surface area contributed by atoms with Gasteiger partial charge in [0.15, 0.2) is 0 Å². The predicted octanol–water partition coefficient (Wildman–Crippen LogP) is 2.89. The largest absolute Gasteiger partial charge is 0.461 e. The highest BCUT2D eigenvalue weighted by atomic mass is 16.5. The predicted molar refractivity (Wildman–Crippen MR) is 222 cm³/mol. The molecule has 0 radical (unpaired) electrons. The number of likely N-dealkylation sites (tertiary alicyclic amines) is 2. The van der Waals surface area contributed by atoms with Crippen LogP contribution in [0.3, 0.4) is 0 Å². The topological polar surface area (TPSA) is 177 Å². The van der Waals surface area contributed by atoms with Crippen LogP contribution in [0.15, 0.2) is 95.8 Å². The molecule has 3 aromatic carbocycles. The normalized spacial score (nSPS) is 16.5. The number of carbonyl (C=O) groups is 1. The summed E-state index contributed by atoms with van der Waals surface area (Å²) < 4.78 is 10.1. The molecule has 17 nitrogen and oxygen atoms in total. The monoisotopic (exact) mass is 795 g/mol. The van der Waals surface area contributed by atoms with Gasteiger partial charge in [0.05, 0.1) is 18.7 Å². The second kappa shape index (κ2) is 20.2. The van der Waals surface area contributed by atoms with Gasteiger partial charge in [-0.2, -0.15) is 14.0 Å². The average molecular weight is 796 g/mol. The lowest BCUT2D eigenvalue weighted by atomic mass is 9.83. The molecule has 2 fully saturated rings. The van der Waals surface area contributed by atoms with E-state index >= 15 is 0 Å². The van der Waals surface area contributed by atoms with Crippen molar-refractivity contribution in [2.75, 3.05) is 69.7 Å². The number of para-hydroxylation sites is 3. The van der Waals surface area contributed by atoms with Crippen molar-refractivity contribution in [3.8, 4) is 6.01 Å². The molecule has 0 spiro atoms. The first kappa shape index (κ1) is 42.0. The van der Waals surface area contributed by atoms with Crippen LogP contribution in [0.25, 0.3) is 0 Å². The number of aromatic nitrogens is 8. The van der Waals surface area contributed by atoms with E-state index in [1.807, 2.05) is 105 Å². The summed E-state index contributed by atoms with van der Waals surface area (Å²) in [6, 6.07) is 30.7. The van der Waals surface area contributed by atoms with Crippen molar-refractivity contribution in [3.63, 3.8) is 0 Å². The highest BCUT2D eigenvalue weighted by Gasteiger charge is 2.47. The highest BCUT2D eigenvalue weighted by molar-refractivity contribution is 5.93. The second-order valence-corrected chi connectivity index (χ2v) is 14.7. The van der Waals surface area contributed by atoms with Crippen LogP contribution < -0.4 is 26.0 Å². The van der Waals surface area contributed by atoms with E-state index in [1.54, 1.807) is 11.7 Å². The first-order valence-corrected chi connectivity index (χ1v) is 20.2. The van der Waals surface area contributed by atoms with Gasteiger partial charge in [0, 0.05) is 76.5 Å². The SMILES string of the molecule is CCn1nnn(CCN2CCC(C(=O)NC)(N(c3ccccc3)c3ccccc3)CC2)c1=O.CCn1nnnc1OCCN1CCC(CO)(Nc2ccccc2)CC1. The summed E-state index contributed by atoms with van der Waals surface area (Å²) in [6.07, 6.45) is 3.11. The van der Waals surface area contributed by atoms with Gasteiger partial charge in [-0.25, -0.2) is 4.79 Å². The van der Waals surface area contributed by atoms with Crippen LogP contribution in [0.2, 0.25) is 0 Å². The summed E-state index contributed by atoms with van der Waals surface area (Å²) in [7, 11) is 1.70. The Morgan fingerprint density at radius 1 is 0.741 bits per heavy atom. The lowest BCUT2D eigenvalue weighted by Gasteiger charge is -2.48. The van der Waals surface area contributed by atoms with Gasteiger partial charge < -0.3 is 30.3 Å². The summed E-state index contributed by atoms with van der Waals surface area (Å²) in [5.74, 6) is 0.0111. The summed E-state index contributed by atoms with van der Waals surface area (Å²) in [4.78, 5) is 32.4. The number of hydrogen-bond acceptors (Lipinski definition) is 13. The third-order valence-corrected chi connectivity index (χ3v) is 11.2. The number of aliphatic hydroxyl groups excluding tert-OH is 1. The number of anilines is 3. The molecule has 0 unspecified atom stereocenters. The van der Waals surface area contributed by atoms with Gasteiger partial charge in [-0.3, -0.25) is 9.69 Å². The molecule has 0 saturated carbocycles. The zero-order valence-corrected chi connectivity index (χ0v) is 33.9. The van der Waals surface area contributed by atoms with Crippen LogP contribution in [0.4, 0.5) is 17.1 Å². The Kier molecular flexibility index (Phi) is 14.6. The number of ether oxygens (including phenoxy) is 1. The molecule has 310 valence electrons. The molecule has 0 atom stereocenters. The first-order valence-electron chi connectivity index (χ1n) is 20.2. The molecule has 0 bridgehead atoms. The van der Waals surface area contributed by atoms with Gasteiger partial charge in [-0.1, -0.05) is 59.7 Å². The molecule has 5 aromatic rings. The zero-order chi connectivity index (χ0) is 40.8. The lowest BCUT2D eigenvalue weighted by Crippen LogP contribution is -2.62. The summed E-state index contributed by atoms with van der Waals surface area (Å²) in [5, 5.41) is 35.5. The van der Waals surface area contributed by atoms with Crippen molar-refractivity contribution in [2.24, 2.45) is 0 Å². The van der Waals surface area contributed by atoms with Crippen LogP contribution in [-0.4, -0.2) is 131 Å². The molecule has 0 aliphatic carbocycles. The van der Waals surface area contributed by atoms with Crippen LogP contribution in [0, 0.1) is 0 Å². The van der Waals surface area contributed by atoms with Gasteiger partial charge in [0.25, 0.3) is 0 Å². The van der Waals surface area contributed by atoms with Crippen LogP contribution in [0.5, 0.6) is 6.01 Å². The van der Waals surface area contributed by atoms with E-state index in [0.29, 0.717) is 51.6 Å². The number of aryl methyl sites for hydroxylation is 2. The van der Waals surface area contributed by atoms with E-state index in [4.69, 9.17) is 4.74 Å². The van der Waals surface area contributed by atoms with Gasteiger partial charge in [0.2, 0.25) is 5.91 Å². The third-order valence-electron chi connectivity index (χ3n) is 11.2. The molecule has 58 heavy (non-hydrogen) atoms. The Morgan fingerprint density at radius 2 is 1.29 bits per heavy atom. The van der Waals surface area contributed by atoms with Gasteiger partial charge in [-0.05, 0) is 96.8 Å². The Bertz CT molecular complexity index is 1990. The number of hydrogen-bond donors (Lipinski definition) is 3. The lowest BCUT2D eigenvalue weighted by molar-refractivity contribution is -0.127. The smallest absolute Gasteiger partial charge is 0.363 e. The van der Waals surface area contributed by atoms with E-state index in [-0.39, 0.29) is 23.7 Å². The maximum absolute atomic E-state index is 13.4. The van der Waals surface area contributed by atoms with Gasteiger partial charge in [-0.15, -0.1) is 0 Å². The minimum absolute atomic E-state index is 0.0111. The molecule has 2 aromatic heterocycles. The molecule has 3 N–H and O–H groups in total. The number of carbonyl (C=O) groups excluding carboxylic acids is 1. The maximum Gasteiger partial charge on any atom is 0.363 e. The number of piperidine rings is 2. The fourth-order valence-electron chi connectivity index (χ4n) is 7.73. The molecule has 1 amide bonds. The standard InChI is InChI=1S/C24H31N7O2.C17H26N6O2/c1-3-29-23(33)30(27-26-29)19-18-28-16-14-24(15-17-28,22(32)25-2)31(20-10-6-4-7-11-20)21-12-8-5-9-13-21;1-2-23-16(19-20-21-23)25-13-12-22-10-8-17(14-24,9-11-22)18-15-6-4-3-5-7-15/h4-13H,3,14-19H2,1-2H3,(H,25,32);3-7,18,24H,2,8-14H2,1H3.